The van der Waals surface area contributed by atoms with E-state index in [1.807, 2.05) is 31.2 Å². The molecule has 9 heteroatoms. The van der Waals surface area contributed by atoms with Gasteiger partial charge in [0.05, 0.1) is 35.0 Å². The molecule has 0 saturated carbocycles. The second-order valence-corrected chi connectivity index (χ2v) is 6.46. The lowest BCUT2D eigenvalue weighted by Gasteiger charge is -2.01. The average molecular weight is 372 g/mol. The average Bonchev–Trinajstić information content (AvgIpc) is 3.42. The summed E-state index contributed by atoms with van der Waals surface area (Å²) in [7, 11) is 0. The topological polar surface area (TPSA) is 117 Å². The van der Waals surface area contributed by atoms with E-state index in [4.69, 9.17) is 0 Å². The van der Waals surface area contributed by atoms with E-state index in [1.165, 1.54) is 0 Å². The molecule has 0 atom stereocenters. The molecule has 0 aliphatic rings. The number of rotatable bonds is 4. The minimum Gasteiger partial charge on any atom is -0.346 e. The third-order valence-corrected chi connectivity index (χ3v) is 4.52. The summed E-state index contributed by atoms with van der Waals surface area (Å²) in [4.78, 5) is 27.3. The van der Waals surface area contributed by atoms with E-state index in [0.717, 1.165) is 27.9 Å². The molecule has 1 amide bonds. The maximum absolute atomic E-state index is 12.5. The Kier molecular flexibility index (Phi) is 3.64. The minimum absolute atomic E-state index is 0.192. The summed E-state index contributed by atoms with van der Waals surface area (Å²) >= 11 is 0. The highest BCUT2D eigenvalue weighted by atomic mass is 16.1. The number of aromatic amines is 2. The van der Waals surface area contributed by atoms with Crippen molar-refractivity contribution in [3.8, 4) is 5.69 Å². The number of aryl methyl sites for hydroxylation is 1. The van der Waals surface area contributed by atoms with Crippen molar-refractivity contribution in [2.45, 2.75) is 13.5 Å². The van der Waals surface area contributed by atoms with Crippen LogP contribution in [0.25, 0.3) is 27.8 Å². The summed E-state index contributed by atoms with van der Waals surface area (Å²) in [5.74, 6) is 0.671. The number of carbonyl (C=O) groups excluding carboxylic acids is 1. The molecule has 9 nitrogen and oxygen atoms in total. The number of nitrogens with zero attached hydrogens (tertiary/aromatic N) is 5. The van der Waals surface area contributed by atoms with Crippen LogP contribution in [0.5, 0.6) is 0 Å². The monoisotopic (exact) mass is 372 g/mol. The van der Waals surface area contributed by atoms with Gasteiger partial charge >= 0.3 is 0 Å². The Bertz CT molecular complexity index is 1310. The van der Waals surface area contributed by atoms with Crippen molar-refractivity contribution in [2.24, 2.45) is 0 Å². The van der Waals surface area contributed by atoms with E-state index >= 15 is 0 Å². The van der Waals surface area contributed by atoms with Gasteiger partial charge in [-0.05, 0) is 37.3 Å². The van der Waals surface area contributed by atoms with Crippen molar-refractivity contribution >= 4 is 28.0 Å². The summed E-state index contributed by atoms with van der Waals surface area (Å²) in [5.41, 5.74) is 4.60. The van der Waals surface area contributed by atoms with Gasteiger partial charge in [-0.1, -0.05) is 5.21 Å². The Morgan fingerprint density at radius 1 is 1.29 bits per heavy atom. The molecule has 0 spiro atoms. The predicted octanol–water partition coefficient (Wildman–Crippen LogP) is 2.26. The van der Waals surface area contributed by atoms with Crippen LogP contribution in [0.1, 0.15) is 21.9 Å². The molecule has 0 aliphatic carbocycles. The highest BCUT2D eigenvalue weighted by Gasteiger charge is 2.13. The van der Waals surface area contributed by atoms with Crippen LogP contribution in [0.3, 0.4) is 0 Å². The second kappa shape index (κ2) is 6.31. The summed E-state index contributed by atoms with van der Waals surface area (Å²) in [5, 5.41) is 12.0. The highest BCUT2D eigenvalue weighted by Crippen LogP contribution is 2.17. The third-order valence-electron chi connectivity index (χ3n) is 4.52. The minimum atomic E-state index is -0.192. The first-order valence-corrected chi connectivity index (χ1v) is 8.76. The molecule has 0 aliphatic heterocycles. The Morgan fingerprint density at radius 2 is 2.21 bits per heavy atom. The molecule has 3 N–H and O–H groups in total. The first-order chi connectivity index (χ1) is 13.7. The maximum Gasteiger partial charge on any atom is 0.253 e. The van der Waals surface area contributed by atoms with E-state index in [-0.39, 0.29) is 12.5 Å². The van der Waals surface area contributed by atoms with E-state index in [2.05, 4.69) is 35.6 Å². The summed E-state index contributed by atoms with van der Waals surface area (Å²) in [6.45, 7) is 2.19. The smallest absolute Gasteiger partial charge is 0.253 e. The lowest BCUT2D eigenvalue weighted by molar-refractivity contribution is 0.0952. The van der Waals surface area contributed by atoms with Gasteiger partial charge in [-0.2, -0.15) is 0 Å². The number of hydrogen-bond donors (Lipinski definition) is 3. The lowest BCUT2D eigenvalue weighted by Crippen LogP contribution is -2.22. The van der Waals surface area contributed by atoms with Gasteiger partial charge in [-0.15, -0.1) is 5.10 Å². The summed E-state index contributed by atoms with van der Waals surface area (Å²) in [6, 6.07) is 9.49. The van der Waals surface area contributed by atoms with E-state index < -0.39 is 0 Å². The van der Waals surface area contributed by atoms with Gasteiger partial charge < -0.3 is 15.3 Å². The number of H-pyrrole nitrogens is 2. The van der Waals surface area contributed by atoms with E-state index in [9.17, 15) is 4.79 Å². The summed E-state index contributed by atoms with van der Waals surface area (Å²) in [6.07, 6.45) is 5.13. The van der Waals surface area contributed by atoms with Crippen molar-refractivity contribution in [2.75, 3.05) is 0 Å². The maximum atomic E-state index is 12.5. The molecule has 0 saturated heterocycles. The fourth-order valence-electron chi connectivity index (χ4n) is 3.18. The van der Waals surface area contributed by atoms with Crippen molar-refractivity contribution in [1.82, 2.24) is 40.2 Å². The first kappa shape index (κ1) is 16.2. The number of pyridine rings is 1. The van der Waals surface area contributed by atoms with Crippen LogP contribution in [-0.4, -0.2) is 40.8 Å². The lowest BCUT2D eigenvalue weighted by atomic mass is 10.2. The predicted molar refractivity (Wildman–Crippen MR) is 103 cm³/mol. The standard InChI is InChI=1S/C19H16N8O/c1-11-23-16-5-4-13(7-17(16)24-11)27-10-12(25-26-27)8-22-19(28)15-9-21-18-14(15)3-2-6-20-18/h2-7,9-10H,8H2,1H3,(H,20,21)(H,22,28)(H,23,24). The second-order valence-electron chi connectivity index (χ2n) is 6.46. The molecule has 0 fully saturated rings. The van der Waals surface area contributed by atoms with Crippen molar-refractivity contribution in [3.63, 3.8) is 0 Å². The molecule has 0 unspecified atom stereocenters. The van der Waals surface area contributed by atoms with Gasteiger partial charge in [0, 0.05) is 17.8 Å². The molecular weight excluding hydrogens is 356 g/mol. The fraction of sp³-hybridized carbons (Fsp3) is 0.105. The van der Waals surface area contributed by atoms with Crippen LogP contribution in [0.2, 0.25) is 0 Å². The van der Waals surface area contributed by atoms with Gasteiger partial charge in [0.25, 0.3) is 5.91 Å². The molecule has 0 radical (unpaired) electrons. The van der Waals surface area contributed by atoms with Gasteiger partial charge in [-0.25, -0.2) is 14.6 Å². The zero-order valence-electron chi connectivity index (χ0n) is 15.0. The molecule has 0 bridgehead atoms. The van der Waals surface area contributed by atoms with E-state index in [1.54, 1.807) is 29.3 Å². The van der Waals surface area contributed by atoms with Gasteiger partial charge in [0.2, 0.25) is 0 Å². The molecule has 138 valence electrons. The number of aromatic nitrogens is 7. The Balaban J connectivity index is 1.32. The van der Waals surface area contributed by atoms with Gasteiger partial charge in [-0.3, -0.25) is 4.79 Å². The Hall–Kier alpha value is -4.01. The van der Waals surface area contributed by atoms with Crippen LogP contribution in [-0.2, 0) is 6.54 Å². The van der Waals surface area contributed by atoms with Crippen LogP contribution in [0, 0.1) is 6.92 Å². The molecular formula is C19H16N8O. The fourth-order valence-corrected chi connectivity index (χ4v) is 3.18. The number of benzene rings is 1. The van der Waals surface area contributed by atoms with Crippen molar-refractivity contribution in [1.29, 1.82) is 0 Å². The van der Waals surface area contributed by atoms with Crippen LogP contribution >= 0.6 is 0 Å². The highest BCUT2D eigenvalue weighted by molar-refractivity contribution is 6.05. The Labute approximate surface area is 158 Å². The molecule has 4 heterocycles. The van der Waals surface area contributed by atoms with Crippen LogP contribution < -0.4 is 5.32 Å². The summed E-state index contributed by atoms with van der Waals surface area (Å²) < 4.78 is 1.67. The molecule has 5 rings (SSSR count). The van der Waals surface area contributed by atoms with Gasteiger partial charge in [0.15, 0.2) is 0 Å². The molecule has 4 aromatic heterocycles. The number of fused-ring (bicyclic) bond motifs is 2. The number of carbonyl (C=O) groups is 1. The SMILES string of the molecule is Cc1nc2ccc(-n3cc(CNC(=O)c4c[nH]c5ncccc45)nn3)cc2[nH]1. The van der Waals surface area contributed by atoms with Crippen LogP contribution in [0.15, 0.2) is 48.9 Å². The zero-order valence-corrected chi connectivity index (χ0v) is 15.0. The van der Waals surface area contributed by atoms with Crippen molar-refractivity contribution in [3.05, 3.63) is 66.0 Å². The first-order valence-electron chi connectivity index (χ1n) is 8.76. The van der Waals surface area contributed by atoms with Crippen LogP contribution in [0.4, 0.5) is 0 Å². The van der Waals surface area contributed by atoms with Gasteiger partial charge in [0.1, 0.15) is 17.2 Å². The number of amides is 1. The number of hydrogen-bond acceptors (Lipinski definition) is 5. The Morgan fingerprint density at radius 3 is 3.14 bits per heavy atom. The quantitative estimate of drug-likeness (QED) is 0.447. The van der Waals surface area contributed by atoms with E-state index in [0.29, 0.717) is 16.9 Å². The molecule has 1 aromatic carbocycles. The molecule has 28 heavy (non-hydrogen) atoms. The number of imidazole rings is 1. The zero-order chi connectivity index (χ0) is 19.1. The molecule has 5 aromatic rings. The largest absolute Gasteiger partial charge is 0.346 e. The normalized spacial score (nSPS) is 11.3. The number of nitrogens with one attached hydrogen (secondary N) is 3. The third kappa shape index (κ3) is 2.78. The van der Waals surface area contributed by atoms with Crippen molar-refractivity contribution < 1.29 is 4.79 Å².